The normalized spacial score (nSPS) is 15.8. The van der Waals surface area contributed by atoms with Crippen molar-refractivity contribution < 1.29 is 5.11 Å². The zero-order valence-electron chi connectivity index (χ0n) is 19.0. The van der Waals surface area contributed by atoms with Crippen LogP contribution in [0.5, 0.6) is 0 Å². The summed E-state index contributed by atoms with van der Waals surface area (Å²) in [5, 5.41) is 20.9. The minimum Gasteiger partial charge on any atom is -0.396 e. The highest BCUT2D eigenvalue weighted by Gasteiger charge is 2.20. The van der Waals surface area contributed by atoms with Crippen molar-refractivity contribution in [2.45, 2.75) is 64.5 Å². The zero-order valence-corrected chi connectivity index (χ0v) is 19.0. The third kappa shape index (κ3) is 4.99. The van der Waals surface area contributed by atoms with E-state index >= 15 is 0 Å². The van der Waals surface area contributed by atoms with Crippen molar-refractivity contribution in [2.24, 2.45) is 0 Å². The number of anilines is 2. The first kappa shape index (κ1) is 22.4. The Bertz CT molecular complexity index is 1040. The number of piperidine rings is 1. The second-order valence-corrected chi connectivity index (χ2v) is 8.63. The molecule has 4 rings (SSSR count). The van der Waals surface area contributed by atoms with E-state index in [1.54, 1.807) is 6.20 Å². The Morgan fingerprint density at radius 2 is 2.03 bits per heavy atom. The lowest BCUT2D eigenvalue weighted by Crippen LogP contribution is -2.27. The monoisotopic (exact) mass is 438 g/mol. The van der Waals surface area contributed by atoms with Crippen LogP contribution < -0.4 is 16.4 Å². The molecule has 3 aromatic heterocycles. The molecule has 9 nitrogen and oxygen atoms in total. The van der Waals surface area contributed by atoms with Crippen LogP contribution in [-0.2, 0) is 6.54 Å². The Hall–Kier alpha value is -2.78. The summed E-state index contributed by atoms with van der Waals surface area (Å²) in [4.78, 5) is 13.9. The minimum absolute atomic E-state index is 0.106. The van der Waals surface area contributed by atoms with Gasteiger partial charge in [-0.25, -0.2) is 4.98 Å². The Morgan fingerprint density at radius 1 is 1.22 bits per heavy atom. The van der Waals surface area contributed by atoms with Crippen LogP contribution in [0.25, 0.3) is 11.0 Å². The fraction of sp³-hybridized carbons (Fsp3) is 0.565. The first-order valence-electron chi connectivity index (χ1n) is 11.6. The highest BCUT2D eigenvalue weighted by atomic mass is 16.3. The van der Waals surface area contributed by atoms with Gasteiger partial charge < -0.3 is 21.5 Å². The molecule has 9 heteroatoms. The number of aromatic nitrogens is 5. The third-order valence-corrected chi connectivity index (χ3v) is 6.24. The van der Waals surface area contributed by atoms with Gasteiger partial charge in [0.15, 0.2) is 5.82 Å². The first-order chi connectivity index (χ1) is 15.6. The molecule has 0 amide bonds. The third-order valence-electron chi connectivity index (χ3n) is 6.24. The SMILES string of the molecule is CCCC(CCO)Nc1nc(N)nc2cnn(Cc3nc(C4CCNCC4)ccc3C)c12. The van der Waals surface area contributed by atoms with E-state index in [1.165, 1.54) is 0 Å². The fourth-order valence-electron chi connectivity index (χ4n) is 4.46. The number of rotatable bonds is 9. The molecule has 1 aliphatic heterocycles. The van der Waals surface area contributed by atoms with Gasteiger partial charge in [-0.1, -0.05) is 19.4 Å². The van der Waals surface area contributed by atoms with Crippen molar-refractivity contribution in [3.8, 4) is 0 Å². The van der Waals surface area contributed by atoms with Crippen LogP contribution >= 0.6 is 0 Å². The average Bonchev–Trinajstić information content (AvgIpc) is 3.18. The first-order valence-corrected chi connectivity index (χ1v) is 11.6. The van der Waals surface area contributed by atoms with E-state index < -0.39 is 0 Å². The van der Waals surface area contributed by atoms with Gasteiger partial charge in [0, 0.05) is 24.3 Å². The summed E-state index contributed by atoms with van der Waals surface area (Å²) in [5.41, 5.74) is 10.8. The molecule has 0 bridgehead atoms. The summed E-state index contributed by atoms with van der Waals surface area (Å²) in [6, 6.07) is 4.43. The van der Waals surface area contributed by atoms with Gasteiger partial charge in [-0.15, -0.1) is 0 Å². The number of hydrogen-bond acceptors (Lipinski definition) is 8. The maximum Gasteiger partial charge on any atom is 0.222 e. The van der Waals surface area contributed by atoms with Gasteiger partial charge in [-0.3, -0.25) is 9.67 Å². The van der Waals surface area contributed by atoms with Crippen molar-refractivity contribution in [1.82, 2.24) is 30.0 Å². The molecule has 1 fully saturated rings. The topological polar surface area (TPSA) is 127 Å². The van der Waals surface area contributed by atoms with Crippen LogP contribution in [0.4, 0.5) is 11.8 Å². The van der Waals surface area contributed by atoms with Crippen LogP contribution in [-0.4, -0.2) is 55.6 Å². The van der Waals surface area contributed by atoms with Gasteiger partial charge in [0.2, 0.25) is 5.95 Å². The van der Waals surface area contributed by atoms with Gasteiger partial charge in [0.05, 0.1) is 18.4 Å². The molecule has 172 valence electrons. The van der Waals surface area contributed by atoms with Gasteiger partial charge in [0.1, 0.15) is 11.0 Å². The van der Waals surface area contributed by atoms with E-state index in [9.17, 15) is 5.11 Å². The number of nitrogen functional groups attached to an aromatic ring is 1. The van der Waals surface area contributed by atoms with Crippen molar-refractivity contribution in [3.05, 3.63) is 35.3 Å². The lowest BCUT2D eigenvalue weighted by molar-refractivity contribution is 0.276. The number of hydrogen-bond donors (Lipinski definition) is 4. The number of pyridine rings is 1. The van der Waals surface area contributed by atoms with E-state index in [0.717, 1.165) is 61.2 Å². The lowest BCUT2D eigenvalue weighted by Gasteiger charge is -2.23. The summed E-state index contributed by atoms with van der Waals surface area (Å²) in [7, 11) is 0. The van der Waals surface area contributed by atoms with Crippen LogP contribution in [0, 0.1) is 6.92 Å². The second kappa shape index (κ2) is 10.2. The summed E-state index contributed by atoms with van der Waals surface area (Å²) in [5.74, 6) is 1.36. The Morgan fingerprint density at radius 3 is 2.78 bits per heavy atom. The van der Waals surface area contributed by atoms with E-state index in [0.29, 0.717) is 30.2 Å². The lowest BCUT2D eigenvalue weighted by atomic mass is 9.93. The molecule has 32 heavy (non-hydrogen) atoms. The number of nitrogens with one attached hydrogen (secondary N) is 2. The summed E-state index contributed by atoms with van der Waals surface area (Å²) in [6.45, 7) is 6.96. The Kier molecular flexibility index (Phi) is 7.16. The number of nitrogens with zero attached hydrogens (tertiary/aromatic N) is 5. The maximum atomic E-state index is 9.46. The summed E-state index contributed by atoms with van der Waals surface area (Å²) in [6.07, 6.45) is 6.54. The molecular formula is C23H34N8O. The van der Waals surface area contributed by atoms with Crippen molar-refractivity contribution in [1.29, 1.82) is 0 Å². The molecule has 1 aliphatic rings. The van der Waals surface area contributed by atoms with Crippen LogP contribution in [0.15, 0.2) is 18.3 Å². The molecule has 3 aromatic rings. The maximum absolute atomic E-state index is 9.46. The van der Waals surface area contributed by atoms with E-state index in [2.05, 4.69) is 51.7 Å². The van der Waals surface area contributed by atoms with E-state index in [-0.39, 0.29) is 18.6 Å². The van der Waals surface area contributed by atoms with Crippen molar-refractivity contribution in [2.75, 3.05) is 30.7 Å². The average molecular weight is 439 g/mol. The standard InChI is InChI=1S/C23H34N8O/c1-3-4-17(9-12-32)27-22-21-19(29-23(24)30-22)13-26-31(21)14-20-15(2)5-6-18(28-20)16-7-10-25-11-8-16/h5-6,13,16-17,25,32H,3-4,7-12,14H2,1-2H3,(H3,24,27,29,30). The molecule has 1 saturated heterocycles. The predicted molar refractivity (Wildman–Crippen MR) is 127 cm³/mol. The zero-order chi connectivity index (χ0) is 22.5. The smallest absolute Gasteiger partial charge is 0.222 e. The molecule has 0 spiro atoms. The quantitative estimate of drug-likeness (QED) is 0.401. The minimum atomic E-state index is 0.106. The molecule has 5 N–H and O–H groups in total. The Labute approximate surface area is 188 Å². The van der Waals surface area contributed by atoms with Gasteiger partial charge in [0.25, 0.3) is 0 Å². The number of aryl methyl sites for hydroxylation is 1. The predicted octanol–water partition coefficient (Wildman–Crippen LogP) is 2.59. The summed E-state index contributed by atoms with van der Waals surface area (Å²) >= 11 is 0. The number of nitrogens with two attached hydrogens (primary N) is 1. The van der Waals surface area contributed by atoms with E-state index in [4.69, 9.17) is 10.7 Å². The van der Waals surface area contributed by atoms with E-state index in [1.807, 2.05) is 4.68 Å². The van der Waals surface area contributed by atoms with Crippen molar-refractivity contribution in [3.63, 3.8) is 0 Å². The van der Waals surface area contributed by atoms with Crippen LogP contribution in [0.1, 0.15) is 61.9 Å². The second-order valence-electron chi connectivity index (χ2n) is 8.63. The van der Waals surface area contributed by atoms with Gasteiger partial charge in [-0.05, 0) is 57.3 Å². The molecule has 1 atom stereocenters. The van der Waals surface area contributed by atoms with Gasteiger partial charge >= 0.3 is 0 Å². The number of aliphatic hydroxyl groups excluding tert-OH is 1. The number of fused-ring (bicyclic) bond motifs is 1. The number of aliphatic hydroxyl groups is 1. The molecular weight excluding hydrogens is 404 g/mol. The molecule has 4 heterocycles. The Balaban J connectivity index is 1.66. The highest BCUT2D eigenvalue weighted by molar-refractivity contribution is 5.86. The largest absolute Gasteiger partial charge is 0.396 e. The fourth-order valence-corrected chi connectivity index (χ4v) is 4.46. The van der Waals surface area contributed by atoms with Crippen LogP contribution in [0.3, 0.4) is 0 Å². The van der Waals surface area contributed by atoms with Gasteiger partial charge in [-0.2, -0.15) is 10.1 Å². The summed E-state index contributed by atoms with van der Waals surface area (Å²) < 4.78 is 1.90. The molecule has 0 aromatic carbocycles. The highest BCUT2D eigenvalue weighted by Crippen LogP contribution is 2.27. The molecule has 0 saturated carbocycles. The molecule has 1 unspecified atom stereocenters. The van der Waals surface area contributed by atoms with Crippen LogP contribution in [0.2, 0.25) is 0 Å². The molecule has 0 radical (unpaired) electrons. The van der Waals surface area contributed by atoms with Crippen molar-refractivity contribution >= 4 is 22.8 Å². The molecule has 0 aliphatic carbocycles.